The normalized spacial score (nSPS) is 12.6. The van der Waals surface area contributed by atoms with Crippen LogP contribution in [-0.2, 0) is 32.4 Å². The first kappa shape index (κ1) is 14.1. The maximum Gasteiger partial charge on any atom is 0.294 e. The number of aryl methyl sites for hydroxylation is 1. The van der Waals surface area contributed by atoms with E-state index in [1.165, 1.54) is 12.1 Å². The van der Waals surface area contributed by atoms with Crippen LogP contribution in [0.25, 0.3) is 0 Å². The van der Waals surface area contributed by atoms with Crippen molar-refractivity contribution in [3.8, 4) is 0 Å². The summed E-state index contributed by atoms with van der Waals surface area (Å²) in [6.45, 7) is 1.75. The summed E-state index contributed by atoms with van der Waals surface area (Å²) in [5, 5.41) is 0. The second-order valence-corrected chi connectivity index (χ2v) is 6.41. The van der Waals surface area contributed by atoms with Crippen molar-refractivity contribution in [1.82, 2.24) is 0 Å². The lowest BCUT2D eigenvalue weighted by molar-refractivity contribution is 0.478. The van der Waals surface area contributed by atoms with Crippen molar-refractivity contribution in [2.45, 2.75) is 24.0 Å². The molecule has 1 aromatic carbocycles. The van der Waals surface area contributed by atoms with Gasteiger partial charge in [-0.1, -0.05) is 13.0 Å². The molecule has 0 spiro atoms. The lowest BCUT2D eigenvalue weighted by Crippen LogP contribution is -2.05. The molecule has 0 heterocycles. The molecule has 0 aliphatic rings. The molecule has 0 saturated carbocycles. The first-order valence-corrected chi connectivity index (χ1v) is 7.72. The second-order valence-electron chi connectivity index (χ2n) is 3.54. The topological polar surface area (TPSA) is 109 Å². The molecule has 8 heteroatoms. The van der Waals surface area contributed by atoms with E-state index in [1.807, 2.05) is 0 Å². The molecule has 2 N–H and O–H groups in total. The third kappa shape index (κ3) is 4.43. The largest absolute Gasteiger partial charge is 0.294 e. The highest BCUT2D eigenvalue weighted by molar-refractivity contribution is 7.86. The van der Waals surface area contributed by atoms with Crippen LogP contribution in [0, 0.1) is 0 Å². The predicted molar refractivity (Wildman–Crippen MR) is 60.9 cm³/mol. The summed E-state index contributed by atoms with van der Waals surface area (Å²) < 4.78 is 60.9. The molecule has 0 aromatic heterocycles. The first-order valence-electron chi connectivity index (χ1n) is 4.67. The van der Waals surface area contributed by atoms with Crippen molar-refractivity contribution < 1.29 is 25.9 Å². The van der Waals surface area contributed by atoms with Crippen LogP contribution in [0.1, 0.15) is 18.1 Å². The molecule has 0 aliphatic carbocycles. The van der Waals surface area contributed by atoms with Crippen LogP contribution in [0.2, 0.25) is 0 Å². The fourth-order valence-electron chi connectivity index (χ4n) is 1.38. The van der Waals surface area contributed by atoms with Crippen molar-refractivity contribution in [2.24, 2.45) is 0 Å². The van der Waals surface area contributed by atoms with Gasteiger partial charge in [-0.3, -0.25) is 9.11 Å². The van der Waals surface area contributed by atoms with E-state index < -0.39 is 26.0 Å². The molecule has 0 saturated heterocycles. The highest BCUT2D eigenvalue weighted by atomic mass is 32.2. The van der Waals surface area contributed by atoms with Crippen molar-refractivity contribution in [3.05, 3.63) is 29.3 Å². The zero-order valence-electron chi connectivity index (χ0n) is 8.99. The number of hydrogen-bond acceptors (Lipinski definition) is 4. The van der Waals surface area contributed by atoms with Crippen LogP contribution >= 0.6 is 0 Å². The number of benzene rings is 1. The van der Waals surface area contributed by atoms with E-state index in [0.29, 0.717) is 12.0 Å². The summed E-state index contributed by atoms with van der Waals surface area (Å²) >= 11 is 0. The highest BCUT2D eigenvalue weighted by Crippen LogP contribution is 2.17. The van der Waals surface area contributed by atoms with Crippen LogP contribution in [0.3, 0.4) is 0 Å². The molecule has 0 bridgehead atoms. The highest BCUT2D eigenvalue weighted by Gasteiger charge is 2.14. The minimum absolute atomic E-state index is 0.111. The quantitative estimate of drug-likeness (QED) is 0.792. The summed E-state index contributed by atoms with van der Waals surface area (Å²) in [5.74, 6) is -0.691. The Bertz CT molecular complexity index is 615. The number of hydrogen-bond donors (Lipinski definition) is 2. The summed E-state index contributed by atoms with van der Waals surface area (Å²) in [6.07, 6.45) is 0.474. The van der Waals surface area contributed by atoms with Crippen molar-refractivity contribution in [3.63, 3.8) is 0 Å². The van der Waals surface area contributed by atoms with Crippen molar-refractivity contribution in [1.29, 1.82) is 0 Å². The van der Waals surface area contributed by atoms with Gasteiger partial charge >= 0.3 is 0 Å². The Kier molecular flexibility index (Phi) is 3.92. The molecule has 6 nitrogen and oxygen atoms in total. The van der Waals surface area contributed by atoms with Gasteiger partial charge in [-0.15, -0.1) is 0 Å². The Morgan fingerprint density at radius 2 is 1.53 bits per heavy atom. The van der Waals surface area contributed by atoms with Gasteiger partial charge in [0.15, 0.2) is 0 Å². The van der Waals surface area contributed by atoms with Gasteiger partial charge in [0.1, 0.15) is 5.75 Å². The Labute approximate surface area is 99.8 Å². The second kappa shape index (κ2) is 4.73. The third-order valence-electron chi connectivity index (χ3n) is 2.08. The number of rotatable bonds is 4. The molecule has 0 fully saturated rings. The minimum Gasteiger partial charge on any atom is -0.285 e. The van der Waals surface area contributed by atoms with Crippen molar-refractivity contribution >= 4 is 20.2 Å². The van der Waals surface area contributed by atoms with Gasteiger partial charge < -0.3 is 0 Å². The van der Waals surface area contributed by atoms with E-state index >= 15 is 0 Å². The summed E-state index contributed by atoms with van der Waals surface area (Å²) in [7, 11) is -8.63. The van der Waals surface area contributed by atoms with Gasteiger partial charge in [0.05, 0.1) is 4.90 Å². The molecule has 1 aromatic rings. The molecule has 17 heavy (non-hydrogen) atoms. The summed E-state index contributed by atoms with van der Waals surface area (Å²) in [6, 6.07) is 3.73. The van der Waals surface area contributed by atoms with Gasteiger partial charge in [-0.25, -0.2) is 0 Å². The minimum atomic E-state index is -4.39. The van der Waals surface area contributed by atoms with Gasteiger partial charge in [-0.2, -0.15) is 16.8 Å². The third-order valence-corrected chi connectivity index (χ3v) is 3.61. The average Bonchev–Trinajstić information content (AvgIpc) is 2.13. The SMILES string of the molecule is CCc1cc(CS(=O)(=O)O)cc(S(=O)(=O)O)c1. The van der Waals surface area contributed by atoms with Crippen LogP contribution in [0.15, 0.2) is 23.1 Å². The van der Waals surface area contributed by atoms with Gasteiger partial charge in [-0.05, 0) is 29.7 Å². The van der Waals surface area contributed by atoms with Gasteiger partial charge in [0.25, 0.3) is 20.2 Å². The molecule has 0 unspecified atom stereocenters. The molecular formula is C9H12O6S2. The predicted octanol–water partition coefficient (Wildman–Crippen LogP) is 0.883. The summed E-state index contributed by atoms with van der Waals surface area (Å²) in [4.78, 5) is -0.379. The molecule has 0 aliphatic heterocycles. The van der Waals surface area contributed by atoms with Crippen LogP contribution in [0.5, 0.6) is 0 Å². The van der Waals surface area contributed by atoms with E-state index in [0.717, 1.165) is 6.07 Å². The van der Waals surface area contributed by atoms with E-state index in [9.17, 15) is 16.8 Å². The molecule has 0 radical (unpaired) electrons. The lowest BCUT2D eigenvalue weighted by Gasteiger charge is -2.05. The van der Waals surface area contributed by atoms with Crippen molar-refractivity contribution in [2.75, 3.05) is 0 Å². The Balaban J connectivity index is 3.34. The fourth-order valence-corrected chi connectivity index (χ4v) is 2.56. The Hall–Kier alpha value is -0.960. The molecule has 0 atom stereocenters. The van der Waals surface area contributed by atoms with E-state index in [-0.39, 0.29) is 10.5 Å². The summed E-state index contributed by atoms with van der Waals surface area (Å²) in [5.41, 5.74) is 0.665. The molecule has 96 valence electrons. The van der Waals surface area contributed by atoms with Gasteiger partial charge in [0, 0.05) is 0 Å². The fraction of sp³-hybridized carbons (Fsp3) is 0.333. The first-order chi connectivity index (χ1) is 7.62. The average molecular weight is 280 g/mol. The lowest BCUT2D eigenvalue weighted by atomic mass is 10.1. The molecule has 1 rings (SSSR count). The van der Waals surface area contributed by atoms with E-state index in [2.05, 4.69) is 0 Å². The molecular weight excluding hydrogens is 268 g/mol. The Morgan fingerprint density at radius 3 is 1.94 bits per heavy atom. The van der Waals surface area contributed by atoms with E-state index in [4.69, 9.17) is 9.11 Å². The maximum atomic E-state index is 11.0. The smallest absolute Gasteiger partial charge is 0.285 e. The zero-order chi connectivity index (χ0) is 13.3. The standard InChI is InChI=1S/C9H12O6S2/c1-2-7-3-8(6-16(10,11)12)5-9(4-7)17(13,14)15/h3-5H,2,6H2,1H3,(H,10,11,12)(H,13,14,15). The van der Waals surface area contributed by atoms with E-state index in [1.54, 1.807) is 6.92 Å². The van der Waals surface area contributed by atoms with Crippen LogP contribution in [-0.4, -0.2) is 25.9 Å². The van der Waals surface area contributed by atoms with Crippen LogP contribution in [0.4, 0.5) is 0 Å². The maximum absolute atomic E-state index is 11.0. The van der Waals surface area contributed by atoms with Crippen LogP contribution < -0.4 is 0 Å². The zero-order valence-corrected chi connectivity index (χ0v) is 10.6. The monoisotopic (exact) mass is 280 g/mol. The molecule has 0 amide bonds. The Morgan fingerprint density at radius 1 is 1.00 bits per heavy atom. The van der Waals surface area contributed by atoms with Gasteiger partial charge in [0.2, 0.25) is 0 Å².